The Morgan fingerprint density at radius 3 is 2.83 bits per heavy atom. The molecule has 2 aliphatic rings. The Labute approximate surface area is 143 Å². The van der Waals surface area contributed by atoms with Crippen LogP contribution in [0.15, 0.2) is 33.9 Å². The monoisotopic (exact) mass is 378 g/mol. The number of hydrogen-bond donors (Lipinski definition) is 0. The van der Waals surface area contributed by atoms with Gasteiger partial charge in [0.2, 0.25) is 0 Å². The van der Waals surface area contributed by atoms with Gasteiger partial charge in [-0.15, -0.1) is 0 Å². The van der Waals surface area contributed by atoms with Crippen LogP contribution >= 0.6 is 15.9 Å². The number of nitrogens with zero attached hydrogens (tertiary/aromatic N) is 4. The van der Waals surface area contributed by atoms with Crippen LogP contribution in [0, 0.1) is 5.92 Å². The third-order valence-electron chi connectivity index (χ3n) is 4.72. The van der Waals surface area contributed by atoms with E-state index in [1.54, 1.807) is 0 Å². The molecule has 1 aromatic rings. The first kappa shape index (κ1) is 16.3. The molecule has 2 fully saturated rings. The molecule has 122 valence electrons. The summed E-state index contributed by atoms with van der Waals surface area (Å²) in [5.41, 5.74) is 9.70. The number of hydrogen-bond acceptors (Lipinski definition) is 4. The maximum atomic E-state index is 12.3. The second kappa shape index (κ2) is 6.91. The fourth-order valence-electron chi connectivity index (χ4n) is 3.68. The van der Waals surface area contributed by atoms with Crippen molar-refractivity contribution in [2.45, 2.75) is 38.0 Å². The summed E-state index contributed by atoms with van der Waals surface area (Å²) in [6, 6.07) is 8.27. The molecule has 1 unspecified atom stereocenters. The van der Waals surface area contributed by atoms with E-state index < -0.39 is 0 Å². The molecule has 2 heterocycles. The Morgan fingerprint density at radius 1 is 1.39 bits per heavy atom. The van der Waals surface area contributed by atoms with E-state index in [0.717, 1.165) is 17.3 Å². The van der Waals surface area contributed by atoms with Gasteiger partial charge in [-0.2, -0.15) is 0 Å². The van der Waals surface area contributed by atoms with Crippen molar-refractivity contribution in [1.82, 2.24) is 4.90 Å². The van der Waals surface area contributed by atoms with Gasteiger partial charge < -0.3 is 4.74 Å². The van der Waals surface area contributed by atoms with Crippen molar-refractivity contribution in [3.8, 4) is 0 Å². The topological polar surface area (TPSA) is 78.3 Å². The maximum absolute atomic E-state index is 12.3. The van der Waals surface area contributed by atoms with Crippen molar-refractivity contribution in [3.63, 3.8) is 0 Å². The summed E-state index contributed by atoms with van der Waals surface area (Å²) in [5, 5.41) is 3.57. The van der Waals surface area contributed by atoms with Gasteiger partial charge in [-0.25, -0.2) is 0 Å². The van der Waals surface area contributed by atoms with E-state index in [1.165, 1.54) is 5.56 Å². The molecule has 0 aliphatic carbocycles. The normalized spacial score (nSPS) is 31.0. The minimum atomic E-state index is -0.363. The number of cyclic esters (lactones) is 1. The Balaban J connectivity index is 1.88. The van der Waals surface area contributed by atoms with Crippen molar-refractivity contribution in [1.29, 1.82) is 0 Å². The number of fused-ring (bicyclic) bond motifs is 1. The van der Waals surface area contributed by atoms with E-state index in [-0.39, 0.29) is 30.7 Å². The van der Waals surface area contributed by atoms with Gasteiger partial charge in [0.15, 0.2) is 0 Å². The molecule has 2 saturated heterocycles. The molecule has 3 rings (SSSR count). The summed E-state index contributed by atoms with van der Waals surface area (Å²) < 4.78 is 6.49. The summed E-state index contributed by atoms with van der Waals surface area (Å²) in [5.74, 6) is 0.266. The molecular weight excluding hydrogens is 360 g/mol. The lowest BCUT2D eigenvalue weighted by Gasteiger charge is -2.48. The molecule has 6 nitrogen and oxygen atoms in total. The maximum Gasteiger partial charge on any atom is 0.323 e. The number of benzene rings is 1. The number of carbonyl (C=O) groups is 1. The van der Waals surface area contributed by atoms with Crippen molar-refractivity contribution < 1.29 is 9.53 Å². The van der Waals surface area contributed by atoms with Gasteiger partial charge in [-0.1, -0.05) is 40.1 Å². The van der Waals surface area contributed by atoms with Crippen LogP contribution in [0.3, 0.4) is 0 Å². The number of halogens is 1. The second-order valence-electron chi connectivity index (χ2n) is 6.24. The van der Waals surface area contributed by atoms with E-state index >= 15 is 0 Å². The predicted molar refractivity (Wildman–Crippen MR) is 89.7 cm³/mol. The Bertz CT molecular complexity index is 629. The summed E-state index contributed by atoms with van der Waals surface area (Å²) in [4.78, 5) is 17.3. The first-order valence-corrected chi connectivity index (χ1v) is 8.62. The number of morpholine rings is 1. The number of ether oxygens (including phenoxy) is 1. The molecule has 7 heteroatoms. The number of azide groups is 1. The van der Waals surface area contributed by atoms with Crippen LogP contribution < -0.4 is 0 Å². The van der Waals surface area contributed by atoms with E-state index in [4.69, 9.17) is 10.3 Å². The Morgan fingerprint density at radius 2 is 2.13 bits per heavy atom. The van der Waals surface area contributed by atoms with E-state index in [9.17, 15) is 4.79 Å². The summed E-state index contributed by atoms with van der Waals surface area (Å²) in [7, 11) is 0. The average Bonchev–Trinajstić information content (AvgIpc) is 2.54. The lowest BCUT2D eigenvalue weighted by Crippen LogP contribution is -2.57. The molecule has 4 atom stereocenters. The molecule has 0 bridgehead atoms. The van der Waals surface area contributed by atoms with Crippen LogP contribution in [-0.2, 0) is 9.53 Å². The highest BCUT2D eigenvalue weighted by atomic mass is 79.9. The lowest BCUT2D eigenvalue weighted by atomic mass is 9.82. The molecule has 0 radical (unpaired) electrons. The molecule has 0 amide bonds. The number of piperidine rings is 1. The van der Waals surface area contributed by atoms with Gasteiger partial charge >= 0.3 is 5.97 Å². The highest BCUT2D eigenvalue weighted by Crippen LogP contribution is 2.41. The number of rotatable bonds is 3. The summed E-state index contributed by atoms with van der Waals surface area (Å²) in [6.45, 7) is 3.03. The molecule has 2 aliphatic heterocycles. The van der Waals surface area contributed by atoms with Crippen molar-refractivity contribution in [2.75, 3.05) is 13.1 Å². The quantitative estimate of drug-likeness (QED) is 0.347. The van der Waals surface area contributed by atoms with E-state index in [1.807, 2.05) is 12.1 Å². The van der Waals surface area contributed by atoms with Gasteiger partial charge in [0.05, 0.1) is 6.54 Å². The van der Waals surface area contributed by atoms with Crippen LogP contribution in [0.5, 0.6) is 0 Å². The molecular formula is C16H19BrN4O2. The third kappa shape index (κ3) is 3.37. The highest BCUT2D eigenvalue weighted by molar-refractivity contribution is 9.10. The molecule has 1 aromatic carbocycles. The average molecular weight is 379 g/mol. The Kier molecular flexibility index (Phi) is 4.90. The molecule has 23 heavy (non-hydrogen) atoms. The largest absolute Gasteiger partial charge is 0.460 e. The van der Waals surface area contributed by atoms with Gasteiger partial charge in [-0.3, -0.25) is 9.69 Å². The van der Waals surface area contributed by atoms with Crippen molar-refractivity contribution in [3.05, 3.63) is 44.7 Å². The zero-order valence-corrected chi connectivity index (χ0v) is 14.5. The summed E-state index contributed by atoms with van der Waals surface area (Å²) in [6.07, 6.45) is 1.46. The van der Waals surface area contributed by atoms with Crippen LogP contribution in [0.4, 0.5) is 0 Å². The fraction of sp³-hybridized carbons (Fsp3) is 0.562. The third-order valence-corrected chi connectivity index (χ3v) is 5.25. The SMILES string of the molecule is C[C@@H]1CCC2C(=O)O[C@H](CN=[N+]=[N-])CN2[C@H]1c1ccc(Br)cc1. The van der Waals surface area contributed by atoms with Crippen molar-refractivity contribution in [2.24, 2.45) is 11.0 Å². The minimum Gasteiger partial charge on any atom is -0.460 e. The second-order valence-corrected chi connectivity index (χ2v) is 7.15. The first-order chi connectivity index (χ1) is 11.1. The zero-order chi connectivity index (χ0) is 16.4. The highest BCUT2D eigenvalue weighted by Gasteiger charge is 2.44. The van der Waals surface area contributed by atoms with Gasteiger partial charge in [-0.05, 0) is 42.0 Å². The van der Waals surface area contributed by atoms with Gasteiger partial charge in [0, 0.05) is 22.0 Å². The Hall–Kier alpha value is -1.56. The standard InChI is InChI=1S/C16H19BrN4O2/c1-10-2-7-14-16(22)23-13(8-19-20-18)9-21(14)15(10)11-3-5-12(17)6-4-11/h3-6,10,13-15H,2,7-9H2,1H3/t10-,13-,14?,15-/m1/s1. The van der Waals surface area contributed by atoms with Gasteiger partial charge in [0.1, 0.15) is 12.1 Å². The molecule has 0 aromatic heterocycles. The zero-order valence-electron chi connectivity index (χ0n) is 12.9. The molecule has 0 spiro atoms. The number of esters is 1. The van der Waals surface area contributed by atoms with Crippen LogP contribution in [0.2, 0.25) is 0 Å². The molecule has 0 N–H and O–H groups in total. The fourth-order valence-corrected chi connectivity index (χ4v) is 3.94. The van der Waals surface area contributed by atoms with Crippen LogP contribution in [0.1, 0.15) is 31.4 Å². The first-order valence-electron chi connectivity index (χ1n) is 7.82. The lowest BCUT2D eigenvalue weighted by molar-refractivity contribution is -0.173. The summed E-state index contributed by atoms with van der Waals surface area (Å²) >= 11 is 3.47. The van der Waals surface area contributed by atoms with Crippen LogP contribution in [0.25, 0.3) is 10.4 Å². The van der Waals surface area contributed by atoms with E-state index in [2.05, 4.69) is 49.9 Å². The van der Waals surface area contributed by atoms with E-state index in [0.29, 0.717) is 12.5 Å². The predicted octanol–water partition coefficient (Wildman–Crippen LogP) is 3.83. The van der Waals surface area contributed by atoms with Gasteiger partial charge in [0.25, 0.3) is 0 Å². The van der Waals surface area contributed by atoms with Crippen LogP contribution in [-0.4, -0.2) is 36.1 Å². The smallest absolute Gasteiger partial charge is 0.323 e. The van der Waals surface area contributed by atoms with Crippen molar-refractivity contribution >= 4 is 21.9 Å². The molecule has 0 saturated carbocycles. The number of carbonyl (C=O) groups excluding carboxylic acids is 1. The minimum absolute atomic E-state index is 0.184.